The maximum atomic E-state index is 6.63. The number of benzene rings is 8. The third-order valence-electron chi connectivity index (χ3n) is 9.43. The number of rotatable bonds is 4. The molecule has 47 heavy (non-hydrogen) atoms. The summed E-state index contributed by atoms with van der Waals surface area (Å²) < 4.78 is 9.21. The standard InChI is InChI=1S/C44H27NOS/c1-2-10-31-26-32(17-16-28(31)8-1)29-18-21-33(22-19-29)45(34-23-25-37-36-12-5-6-15-41(36)47-42(37)27-34)39-13-7-14-40-43(39)38-24-20-30-9-3-4-11-35(30)44(38)46-40/h1-27H. The van der Waals surface area contributed by atoms with Crippen LogP contribution in [0, 0.1) is 0 Å². The Bertz CT molecular complexity index is 2810. The lowest BCUT2D eigenvalue weighted by molar-refractivity contribution is 0.672. The van der Waals surface area contributed by atoms with Gasteiger partial charge < -0.3 is 9.32 Å². The zero-order chi connectivity index (χ0) is 30.9. The molecule has 10 rings (SSSR count). The molecule has 0 amide bonds. The van der Waals surface area contributed by atoms with Crippen LogP contribution < -0.4 is 4.90 Å². The highest BCUT2D eigenvalue weighted by Crippen LogP contribution is 2.46. The molecule has 10 aromatic rings. The minimum absolute atomic E-state index is 0.884. The fourth-order valence-corrected chi connectivity index (χ4v) is 8.31. The van der Waals surface area contributed by atoms with Crippen molar-refractivity contribution in [2.75, 3.05) is 4.90 Å². The zero-order valence-electron chi connectivity index (χ0n) is 25.4. The second-order valence-corrected chi connectivity index (χ2v) is 13.2. The third-order valence-corrected chi connectivity index (χ3v) is 10.6. The molecule has 0 aliphatic rings. The van der Waals surface area contributed by atoms with Gasteiger partial charge in [0.1, 0.15) is 11.2 Å². The van der Waals surface area contributed by atoms with Crippen molar-refractivity contribution in [3.05, 3.63) is 164 Å². The Morgan fingerprint density at radius 1 is 0.426 bits per heavy atom. The highest BCUT2D eigenvalue weighted by Gasteiger charge is 2.21. The Kier molecular flexibility index (Phi) is 5.78. The number of fused-ring (bicyclic) bond motifs is 9. The SMILES string of the molecule is c1ccc2cc(-c3ccc(N(c4ccc5c(c4)sc4ccccc45)c4cccc5oc6c7ccccc7ccc6c45)cc3)ccc2c1. The van der Waals surface area contributed by atoms with Gasteiger partial charge in [-0.3, -0.25) is 0 Å². The van der Waals surface area contributed by atoms with Gasteiger partial charge >= 0.3 is 0 Å². The van der Waals surface area contributed by atoms with E-state index in [-0.39, 0.29) is 0 Å². The van der Waals surface area contributed by atoms with Crippen molar-refractivity contribution in [2.24, 2.45) is 0 Å². The first-order chi connectivity index (χ1) is 23.3. The lowest BCUT2D eigenvalue weighted by atomic mass is 10.0. The fourth-order valence-electron chi connectivity index (χ4n) is 7.17. The largest absolute Gasteiger partial charge is 0.455 e. The van der Waals surface area contributed by atoms with Gasteiger partial charge in [0.25, 0.3) is 0 Å². The van der Waals surface area contributed by atoms with Crippen LogP contribution in [-0.2, 0) is 0 Å². The first-order valence-electron chi connectivity index (χ1n) is 15.9. The van der Waals surface area contributed by atoms with E-state index in [2.05, 4.69) is 169 Å². The van der Waals surface area contributed by atoms with E-state index in [4.69, 9.17) is 4.42 Å². The highest BCUT2D eigenvalue weighted by atomic mass is 32.1. The van der Waals surface area contributed by atoms with Crippen molar-refractivity contribution in [3.63, 3.8) is 0 Å². The summed E-state index contributed by atoms with van der Waals surface area (Å²) in [7, 11) is 0. The number of thiophene rings is 1. The number of hydrogen-bond donors (Lipinski definition) is 0. The number of nitrogens with zero attached hydrogens (tertiary/aromatic N) is 1. The number of anilines is 3. The van der Waals surface area contributed by atoms with Crippen molar-refractivity contribution in [2.45, 2.75) is 0 Å². The molecule has 0 aliphatic heterocycles. The van der Waals surface area contributed by atoms with Crippen LogP contribution >= 0.6 is 11.3 Å². The van der Waals surface area contributed by atoms with E-state index >= 15 is 0 Å². The van der Waals surface area contributed by atoms with Crippen LogP contribution in [0.2, 0.25) is 0 Å². The Morgan fingerprint density at radius 2 is 1.11 bits per heavy atom. The van der Waals surface area contributed by atoms with Crippen LogP contribution in [0.3, 0.4) is 0 Å². The molecular formula is C44H27NOS. The molecule has 2 aromatic heterocycles. The van der Waals surface area contributed by atoms with Crippen molar-refractivity contribution in [3.8, 4) is 11.1 Å². The van der Waals surface area contributed by atoms with Gasteiger partial charge in [-0.15, -0.1) is 11.3 Å². The van der Waals surface area contributed by atoms with Crippen LogP contribution in [0.15, 0.2) is 168 Å². The predicted octanol–water partition coefficient (Wildman–Crippen LogP) is 13.4. The molecule has 0 radical (unpaired) electrons. The van der Waals surface area contributed by atoms with Gasteiger partial charge in [0.15, 0.2) is 0 Å². The monoisotopic (exact) mass is 617 g/mol. The molecule has 0 atom stereocenters. The number of furan rings is 1. The van der Waals surface area contributed by atoms with Gasteiger partial charge in [-0.2, -0.15) is 0 Å². The summed E-state index contributed by atoms with van der Waals surface area (Å²) in [6.45, 7) is 0. The van der Waals surface area contributed by atoms with E-state index in [0.29, 0.717) is 0 Å². The quantitative estimate of drug-likeness (QED) is 0.195. The van der Waals surface area contributed by atoms with Crippen LogP contribution in [-0.4, -0.2) is 0 Å². The second-order valence-electron chi connectivity index (χ2n) is 12.1. The molecule has 220 valence electrons. The lowest BCUT2D eigenvalue weighted by Crippen LogP contribution is -2.10. The molecule has 0 N–H and O–H groups in total. The smallest absolute Gasteiger partial charge is 0.143 e. The van der Waals surface area contributed by atoms with E-state index in [1.807, 2.05) is 11.3 Å². The molecular weight excluding hydrogens is 591 g/mol. The van der Waals surface area contributed by atoms with Crippen molar-refractivity contribution < 1.29 is 4.42 Å². The summed E-state index contributed by atoms with van der Waals surface area (Å²) in [4.78, 5) is 2.39. The average Bonchev–Trinajstić information content (AvgIpc) is 3.71. The molecule has 2 heterocycles. The lowest BCUT2D eigenvalue weighted by Gasteiger charge is -2.26. The Labute approximate surface area is 275 Å². The zero-order valence-corrected chi connectivity index (χ0v) is 26.2. The molecule has 0 saturated heterocycles. The van der Waals surface area contributed by atoms with Gasteiger partial charge in [0, 0.05) is 42.3 Å². The van der Waals surface area contributed by atoms with Crippen molar-refractivity contribution in [1.82, 2.24) is 0 Å². The third kappa shape index (κ3) is 4.17. The maximum absolute atomic E-state index is 6.63. The Morgan fingerprint density at radius 3 is 2.00 bits per heavy atom. The number of hydrogen-bond acceptors (Lipinski definition) is 3. The molecule has 2 nitrogen and oxygen atoms in total. The van der Waals surface area contributed by atoms with E-state index in [1.54, 1.807) is 0 Å². The summed E-state index contributed by atoms with van der Waals surface area (Å²) >= 11 is 1.85. The van der Waals surface area contributed by atoms with Gasteiger partial charge in [-0.05, 0) is 81.9 Å². The average molecular weight is 618 g/mol. The van der Waals surface area contributed by atoms with Gasteiger partial charge in [-0.25, -0.2) is 0 Å². The van der Waals surface area contributed by atoms with Crippen LogP contribution in [0.5, 0.6) is 0 Å². The minimum Gasteiger partial charge on any atom is -0.455 e. The second kappa shape index (κ2) is 10.3. The predicted molar refractivity (Wildman–Crippen MR) is 202 cm³/mol. The van der Waals surface area contributed by atoms with Crippen molar-refractivity contribution in [1.29, 1.82) is 0 Å². The molecule has 0 unspecified atom stereocenters. The van der Waals surface area contributed by atoms with E-state index in [9.17, 15) is 0 Å². The molecule has 0 fully saturated rings. The fraction of sp³-hybridized carbons (Fsp3) is 0. The van der Waals surface area contributed by atoms with Crippen molar-refractivity contribution >= 4 is 92.1 Å². The summed E-state index contributed by atoms with van der Waals surface area (Å²) in [6.07, 6.45) is 0. The topological polar surface area (TPSA) is 16.4 Å². The molecule has 0 spiro atoms. The summed E-state index contributed by atoms with van der Waals surface area (Å²) in [6, 6.07) is 59.1. The normalized spacial score (nSPS) is 11.8. The van der Waals surface area contributed by atoms with Crippen LogP contribution in [0.4, 0.5) is 17.1 Å². The van der Waals surface area contributed by atoms with E-state index < -0.39 is 0 Å². The summed E-state index contributed by atoms with van der Waals surface area (Å²) in [5.74, 6) is 0. The minimum atomic E-state index is 0.884. The Balaban J connectivity index is 1.19. The molecule has 0 bridgehead atoms. The highest BCUT2D eigenvalue weighted by molar-refractivity contribution is 7.25. The first kappa shape index (κ1) is 26.3. The first-order valence-corrected chi connectivity index (χ1v) is 16.7. The van der Waals surface area contributed by atoms with Crippen LogP contribution in [0.1, 0.15) is 0 Å². The molecule has 3 heteroatoms. The van der Waals surface area contributed by atoms with Gasteiger partial charge in [0.05, 0.1) is 11.1 Å². The molecule has 0 aliphatic carbocycles. The Hall–Kier alpha value is -5.90. The van der Waals surface area contributed by atoms with E-state index in [0.717, 1.165) is 44.4 Å². The maximum Gasteiger partial charge on any atom is 0.143 e. The summed E-state index contributed by atoms with van der Waals surface area (Å²) in [5, 5.41) is 9.64. The van der Waals surface area contributed by atoms with Crippen LogP contribution in [0.25, 0.3) is 74.8 Å². The van der Waals surface area contributed by atoms with Gasteiger partial charge in [-0.1, -0.05) is 109 Å². The molecule has 8 aromatic carbocycles. The molecule has 0 saturated carbocycles. The van der Waals surface area contributed by atoms with E-state index in [1.165, 1.54) is 47.5 Å². The summed E-state index contributed by atoms with van der Waals surface area (Å²) in [5.41, 5.74) is 7.52. The van der Waals surface area contributed by atoms with Gasteiger partial charge in [0.2, 0.25) is 0 Å².